The molecule has 1 N–H and O–H groups in total. The third kappa shape index (κ3) is 4.63. The molecule has 0 bridgehead atoms. The molecule has 0 aromatic carbocycles. The van der Waals surface area contributed by atoms with Crippen molar-refractivity contribution in [1.82, 2.24) is 30.4 Å². The number of nitrogens with one attached hydrogen (secondary N) is 1. The Labute approximate surface area is 122 Å². The first-order valence-electron chi connectivity index (χ1n) is 6.03. The molecule has 7 nitrogen and oxygen atoms in total. The standard InChI is InChI=1S/C10H18N6OS.ClH/c1-8-7-16(5-4-11-8)9(17)3-6-18-10-12-13-14-15(10)2;/h8,11H,3-7H2,1-2H3;1H/t8-;/m1./s1. The van der Waals surface area contributed by atoms with Gasteiger partial charge in [0.25, 0.3) is 0 Å². The van der Waals surface area contributed by atoms with Gasteiger partial charge in [-0.25, -0.2) is 4.68 Å². The first-order chi connectivity index (χ1) is 8.66. The Morgan fingerprint density at radius 1 is 1.58 bits per heavy atom. The quantitative estimate of drug-likeness (QED) is 0.785. The van der Waals surface area contributed by atoms with Crippen LogP contribution in [0, 0.1) is 0 Å². The van der Waals surface area contributed by atoms with Crippen molar-refractivity contribution >= 4 is 30.1 Å². The zero-order valence-electron chi connectivity index (χ0n) is 11.1. The molecular formula is C10H19ClN6OS. The van der Waals surface area contributed by atoms with Crippen LogP contribution in [-0.2, 0) is 11.8 Å². The number of thioether (sulfide) groups is 1. The Kier molecular flexibility index (Phi) is 6.53. The average molecular weight is 307 g/mol. The molecule has 1 amide bonds. The second-order valence-electron chi connectivity index (χ2n) is 4.38. The van der Waals surface area contributed by atoms with E-state index in [-0.39, 0.29) is 18.3 Å². The lowest BCUT2D eigenvalue weighted by Gasteiger charge is -2.31. The number of rotatable bonds is 4. The lowest BCUT2D eigenvalue weighted by Crippen LogP contribution is -2.51. The Hall–Kier alpha value is -0.860. The van der Waals surface area contributed by atoms with Gasteiger partial charge in [0.05, 0.1) is 0 Å². The average Bonchev–Trinajstić information content (AvgIpc) is 2.75. The number of tetrazole rings is 1. The minimum Gasteiger partial charge on any atom is -0.340 e. The molecule has 1 fully saturated rings. The molecule has 9 heteroatoms. The summed E-state index contributed by atoms with van der Waals surface area (Å²) < 4.78 is 1.61. The van der Waals surface area contributed by atoms with Gasteiger partial charge in [-0.15, -0.1) is 17.5 Å². The zero-order chi connectivity index (χ0) is 13.0. The van der Waals surface area contributed by atoms with Crippen LogP contribution in [0.5, 0.6) is 0 Å². The summed E-state index contributed by atoms with van der Waals surface area (Å²) in [5.41, 5.74) is 0. The Balaban J connectivity index is 0.00000180. The molecule has 1 aromatic rings. The molecule has 0 unspecified atom stereocenters. The van der Waals surface area contributed by atoms with Crippen LogP contribution in [0.1, 0.15) is 13.3 Å². The molecule has 0 radical (unpaired) electrons. The van der Waals surface area contributed by atoms with E-state index in [4.69, 9.17) is 0 Å². The van der Waals surface area contributed by atoms with Crippen molar-refractivity contribution in [2.45, 2.75) is 24.5 Å². The van der Waals surface area contributed by atoms with Crippen LogP contribution >= 0.6 is 24.2 Å². The fraction of sp³-hybridized carbons (Fsp3) is 0.800. The van der Waals surface area contributed by atoms with Crippen LogP contribution in [0.3, 0.4) is 0 Å². The normalized spacial score (nSPS) is 19.1. The molecule has 2 rings (SSSR count). The summed E-state index contributed by atoms with van der Waals surface area (Å²) in [7, 11) is 1.79. The molecule has 1 aliphatic rings. The van der Waals surface area contributed by atoms with Crippen LogP contribution in [0.25, 0.3) is 0 Å². The second kappa shape index (κ2) is 7.66. The lowest BCUT2D eigenvalue weighted by molar-refractivity contribution is -0.131. The summed E-state index contributed by atoms with van der Waals surface area (Å²) in [6.07, 6.45) is 0.532. The number of carbonyl (C=O) groups is 1. The molecule has 1 aliphatic heterocycles. The van der Waals surface area contributed by atoms with Crippen molar-refractivity contribution in [3.8, 4) is 0 Å². The number of hydrogen-bond acceptors (Lipinski definition) is 6. The number of piperazine rings is 1. The molecule has 0 saturated carbocycles. The summed E-state index contributed by atoms with van der Waals surface area (Å²) in [4.78, 5) is 13.9. The number of halogens is 1. The smallest absolute Gasteiger partial charge is 0.223 e. The highest BCUT2D eigenvalue weighted by atomic mass is 35.5. The van der Waals surface area contributed by atoms with Crippen LogP contribution in [0.15, 0.2) is 5.16 Å². The maximum atomic E-state index is 12.0. The largest absolute Gasteiger partial charge is 0.340 e. The van der Waals surface area contributed by atoms with E-state index >= 15 is 0 Å². The van der Waals surface area contributed by atoms with Crippen molar-refractivity contribution < 1.29 is 4.79 Å². The van der Waals surface area contributed by atoms with Gasteiger partial charge in [0.2, 0.25) is 11.1 Å². The number of hydrogen-bond donors (Lipinski definition) is 1. The third-order valence-corrected chi connectivity index (χ3v) is 3.86. The maximum Gasteiger partial charge on any atom is 0.223 e. The third-order valence-electron chi connectivity index (χ3n) is 2.85. The monoisotopic (exact) mass is 306 g/mol. The number of carbonyl (C=O) groups excluding carboxylic acids is 1. The van der Waals surface area contributed by atoms with E-state index < -0.39 is 0 Å². The van der Waals surface area contributed by atoms with Gasteiger partial charge in [0.15, 0.2) is 0 Å². The predicted molar refractivity (Wildman–Crippen MR) is 75.4 cm³/mol. The summed E-state index contributed by atoms with van der Waals surface area (Å²) >= 11 is 1.51. The Morgan fingerprint density at radius 2 is 2.37 bits per heavy atom. The molecule has 0 aliphatic carbocycles. The SMILES string of the molecule is C[C@@H]1CN(C(=O)CCSc2nnnn2C)CCN1.Cl. The van der Waals surface area contributed by atoms with Gasteiger partial charge in [0, 0.05) is 44.9 Å². The number of aromatic nitrogens is 4. The minimum atomic E-state index is 0. The molecule has 1 saturated heterocycles. The van der Waals surface area contributed by atoms with Crippen LogP contribution in [0.2, 0.25) is 0 Å². The molecule has 2 heterocycles. The van der Waals surface area contributed by atoms with Crippen molar-refractivity contribution in [2.24, 2.45) is 7.05 Å². The zero-order valence-corrected chi connectivity index (χ0v) is 12.7. The van der Waals surface area contributed by atoms with Crippen molar-refractivity contribution in [2.75, 3.05) is 25.4 Å². The van der Waals surface area contributed by atoms with E-state index in [9.17, 15) is 4.79 Å². The van der Waals surface area contributed by atoms with Crippen molar-refractivity contribution in [1.29, 1.82) is 0 Å². The highest BCUT2D eigenvalue weighted by Gasteiger charge is 2.20. The van der Waals surface area contributed by atoms with E-state index in [1.54, 1.807) is 11.7 Å². The maximum absolute atomic E-state index is 12.0. The molecule has 1 aromatic heterocycles. The molecule has 1 atom stereocenters. The second-order valence-corrected chi connectivity index (χ2v) is 5.44. The van der Waals surface area contributed by atoms with Crippen molar-refractivity contribution in [3.63, 3.8) is 0 Å². The van der Waals surface area contributed by atoms with E-state index in [0.717, 1.165) is 24.8 Å². The van der Waals surface area contributed by atoms with E-state index in [1.165, 1.54) is 11.8 Å². The Bertz CT molecular complexity index is 414. The number of nitrogens with zero attached hydrogens (tertiary/aromatic N) is 5. The molecule has 19 heavy (non-hydrogen) atoms. The predicted octanol–water partition coefficient (Wildman–Crippen LogP) is -0.0656. The Morgan fingerprint density at radius 3 is 3.00 bits per heavy atom. The first-order valence-corrected chi connectivity index (χ1v) is 7.01. The number of aryl methyl sites for hydroxylation is 1. The van der Waals surface area contributed by atoms with Gasteiger partial charge in [0.1, 0.15) is 0 Å². The topological polar surface area (TPSA) is 75.9 Å². The van der Waals surface area contributed by atoms with Crippen LogP contribution in [0.4, 0.5) is 0 Å². The molecule has 108 valence electrons. The summed E-state index contributed by atoms with van der Waals surface area (Å²) in [6.45, 7) is 4.58. The fourth-order valence-electron chi connectivity index (χ4n) is 1.89. The molecule has 0 spiro atoms. The van der Waals surface area contributed by atoms with Gasteiger partial charge in [-0.2, -0.15) is 0 Å². The van der Waals surface area contributed by atoms with E-state index in [0.29, 0.717) is 18.2 Å². The van der Waals surface area contributed by atoms with Crippen LogP contribution in [-0.4, -0.2) is 62.4 Å². The summed E-state index contributed by atoms with van der Waals surface area (Å²) in [6, 6.07) is 0.387. The van der Waals surface area contributed by atoms with Crippen molar-refractivity contribution in [3.05, 3.63) is 0 Å². The van der Waals surface area contributed by atoms with E-state index in [2.05, 4.69) is 27.8 Å². The fourth-order valence-corrected chi connectivity index (χ4v) is 2.67. The lowest BCUT2D eigenvalue weighted by atomic mass is 10.2. The first kappa shape index (κ1) is 16.2. The molecular weight excluding hydrogens is 288 g/mol. The minimum absolute atomic E-state index is 0. The van der Waals surface area contributed by atoms with Gasteiger partial charge in [-0.05, 0) is 17.4 Å². The number of amides is 1. The summed E-state index contributed by atoms with van der Waals surface area (Å²) in [5.74, 6) is 0.928. The van der Waals surface area contributed by atoms with Gasteiger partial charge in [-0.1, -0.05) is 11.8 Å². The highest BCUT2D eigenvalue weighted by Crippen LogP contribution is 2.14. The van der Waals surface area contributed by atoms with Gasteiger partial charge >= 0.3 is 0 Å². The highest BCUT2D eigenvalue weighted by molar-refractivity contribution is 7.99. The van der Waals surface area contributed by atoms with Gasteiger partial charge < -0.3 is 10.2 Å². The van der Waals surface area contributed by atoms with Gasteiger partial charge in [-0.3, -0.25) is 4.79 Å². The van der Waals surface area contributed by atoms with Crippen LogP contribution < -0.4 is 5.32 Å². The summed E-state index contributed by atoms with van der Waals surface area (Å²) in [5, 5.41) is 15.2. The van der Waals surface area contributed by atoms with E-state index in [1.807, 2.05) is 4.90 Å².